The lowest BCUT2D eigenvalue weighted by atomic mass is 10.2. The van der Waals surface area contributed by atoms with E-state index in [4.69, 9.17) is 20.4 Å². The van der Waals surface area contributed by atoms with Crippen LogP contribution in [0.3, 0.4) is 0 Å². The lowest BCUT2D eigenvalue weighted by Crippen LogP contribution is -2.40. The minimum Gasteiger partial charge on any atom is -0.374 e. The highest BCUT2D eigenvalue weighted by atomic mass is 16.5. The van der Waals surface area contributed by atoms with Gasteiger partial charge in [-0.3, -0.25) is 0 Å². The summed E-state index contributed by atoms with van der Waals surface area (Å²) < 4.78 is 5.71. The zero-order valence-electron chi connectivity index (χ0n) is 13.3. The molecule has 0 saturated carbocycles. The Hall–Kier alpha value is -2.48. The molecule has 8 nitrogen and oxygen atoms in total. The lowest BCUT2D eigenvalue weighted by molar-refractivity contribution is 0.0989. The van der Waals surface area contributed by atoms with Crippen LogP contribution in [0.5, 0.6) is 0 Å². The summed E-state index contributed by atoms with van der Waals surface area (Å²) in [4.78, 5) is 22.3. The molecule has 5 heterocycles. The number of nitrogens with zero attached hydrogens (tertiary/aromatic N) is 6. The van der Waals surface area contributed by atoms with Crippen LogP contribution >= 0.6 is 0 Å². The van der Waals surface area contributed by atoms with Crippen LogP contribution in [0.1, 0.15) is 12.8 Å². The first-order chi connectivity index (χ1) is 11.8. The molecular weight excluding hydrogens is 306 g/mol. The van der Waals surface area contributed by atoms with Gasteiger partial charge in [-0.05, 0) is 12.8 Å². The smallest absolute Gasteiger partial charge is 0.227 e. The topological polar surface area (TPSA) is 93.3 Å². The van der Waals surface area contributed by atoms with Gasteiger partial charge in [-0.25, -0.2) is 15.0 Å². The van der Waals surface area contributed by atoms with Crippen molar-refractivity contribution in [1.29, 1.82) is 0 Å². The number of morpholine rings is 1. The third kappa shape index (κ3) is 2.25. The molecule has 0 aliphatic carbocycles. The Kier molecular flexibility index (Phi) is 3.05. The van der Waals surface area contributed by atoms with Crippen molar-refractivity contribution < 1.29 is 4.74 Å². The van der Waals surface area contributed by atoms with Gasteiger partial charge >= 0.3 is 0 Å². The Morgan fingerprint density at radius 2 is 2.00 bits per heavy atom. The zero-order valence-corrected chi connectivity index (χ0v) is 13.3. The quantitative estimate of drug-likeness (QED) is 0.881. The number of ether oxygens (including phenoxy) is 1. The van der Waals surface area contributed by atoms with E-state index in [1.165, 1.54) is 6.42 Å². The van der Waals surface area contributed by atoms with E-state index in [-0.39, 0.29) is 5.95 Å². The third-order valence-electron chi connectivity index (χ3n) is 5.00. The molecule has 2 N–H and O–H groups in total. The second-order valence-corrected chi connectivity index (χ2v) is 6.58. The SMILES string of the molecule is Nc1ncc(-c2cc(N3C[C@@H]4C[C@H]3CO4)nc(N3CCC3)n2)cn1. The van der Waals surface area contributed by atoms with E-state index in [1.807, 2.05) is 6.07 Å². The Balaban J connectivity index is 1.56. The summed E-state index contributed by atoms with van der Waals surface area (Å²) in [6.07, 6.45) is 6.04. The van der Waals surface area contributed by atoms with Gasteiger partial charge in [-0.1, -0.05) is 0 Å². The van der Waals surface area contributed by atoms with Gasteiger partial charge in [-0.2, -0.15) is 4.98 Å². The fourth-order valence-electron chi connectivity index (χ4n) is 3.53. The molecule has 3 fully saturated rings. The van der Waals surface area contributed by atoms with Crippen molar-refractivity contribution in [3.8, 4) is 11.3 Å². The monoisotopic (exact) mass is 325 g/mol. The van der Waals surface area contributed by atoms with Crippen LogP contribution in [-0.4, -0.2) is 58.3 Å². The molecule has 2 aromatic rings. The first kappa shape index (κ1) is 13.9. The minimum absolute atomic E-state index is 0.269. The molecule has 0 spiro atoms. The van der Waals surface area contributed by atoms with Crippen molar-refractivity contribution in [2.45, 2.75) is 25.0 Å². The van der Waals surface area contributed by atoms with E-state index in [1.54, 1.807) is 12.4 Å². The van der Waals surface area contributed by atoms with E-state index < -0.39 is 0 Å². The lowest BCUT2D eigenvalue weighted by Gasteiger charge is -2.33. The second kappa shape index (κ2) is 5.27. The highest BCUT2D eigenvalue weighted by molar-refractivity contribution is 5.65. The molecule has 3 saturated heterocycles. The van der Waals surface area contributed by atoms with Crippen molar-refractivity contribution in [2.75, 3.05) is 41.8 Å². The van der Waals surface area contributed by atoms with Gasteiger partial charge in [0.25, 0.3) is 0 Å². The molecule has 0 aromatic carbocycles. The molecular formula is C16H19N7O. The maximum Gasteiger partial charge on any atom is 0.227 e. The van der Waals surface area contributed by atoms with Gasteiger partial charge < -0.3 is 20.3 Å². The fourth-order valence-corrected chi connectivity index (χ4v) is 3.53. The Morgan fingerprint density at radius 3 is 2.62 bits per heavy atom. The van der Waals surface area contributed by atoms with Crippen LogP contribution in [0.15, 0.2) is 18.5 Å². The predicted molar refractivity (Wildman–Crippen MR) is 89.8 cm³/mol. The number of aromatic nitrogens is 4. The standard InChI is InChI=1S/C16H19N7O/c17-15-18-6-10(7-19-15)13-5-14(21-16(20-13)22-2-1-3-22)23-8-12-4-11(23)9-24-12/h5-7,11-12H,1-4,8-9H2,(H2,17,18,19)/t11-,12-/m0/s1. The summed E-state index contributed by atoms with van der Waals surface area (Å²) in [5.41, 5.74) is 7.29. The third-order valence-corrected chi connectivity index (χ3v) is 5.00. The number of hydrogen-bond donors (Lipinski definition) is 1. The van der Waals surface area contributed by atoms with E-state index in [0.717, 1.165) is 55.7 Å². The largest absolute Gasteiger partial charge is 0.374 e. The Bertz CT molecular complexity index is 762. The average molecular weight is 325 g/mol. The molecule has 8 heteroatoms. The first-order valence-corrected chi connectivity index (χ1v) is 8.36. The van der Waals surface area contributed by atoms with Gasteiger partial charge in [-0.15, -0.1) is 0 Å². The van der Waals surface area contributed by atoms with E-state index in [9.17, 15) is 0 Å². The highest BCUT2D eigenvalue weighted by Gasteiger charge is 2.40. The summed E-state index contributed by atoms with van der Waals surface area (Å²) >= 11 is 0. The van der Waals surface area contributed by atoms with E-state index in [0.29, 0.717) is 12.1 Å². The normalized spacial score (nSPS) is 25.2. The van der Waals surface area contributed by atoms with Gasteiger partial charge in [0, 0.05) is 43.7 Å². The molecule has 0 unspecified atom stereocenters. The van der Waals surface area contributed by atoms with Crippen LogP contribution < -0.4 is 15.5 Å². The van der Waals surface area contributed by atoms with Crippen molar-refractivity contribution in [1.82, 2.24) is 19.9 Å². The number of hydrogen-bond acceptors (Lipinski definition) is 8. The van der Waals surface area contributed by atoms with Gasteiger partial charge in [0.15, 0.2) is 0 Å². The second-order valence-electron chi connectivity index (χ2n) is 6.58. The predicted octanol–water partition coefficient (Wildman–Crippen LogP) is 0.703. The molecule has 2 bridgehead atoms. The summed E-state index contributed by atoms with van der Waals surface area (Å²) in [7, 11) is 0. The summed E-state index contributed by atoms with van der Waals surface area (Å²) in [6.45, 7) is 3.71. The van der Waals surface area contributed by atoms with Crippen LogP contribution in [0.2, 0.25) is 0 Å². The van der Waals surface area contributed by atoms with E-state index in [2.05, 4.69) is 19.8 Å². The molecule has 124 valence electrons. The highest BCUT2D eigenvalue weighted by Crippen LogP contribution is 2.34. The molecule has 2 atom stereocenters. The van der Waals surface area contributed by atoms with Crippen LogP contribution in [0, 0.1) is 0 Å². The number of anilines is 3. The molecule has 3 aliphatic heterocycles. The summed E-state index contributed by atoms with van der Waals surface area (Å²) in [5, 5.41) is 0. The Morgan fingerprint density at radius 1 is 1.17 bits per heavy atom. The van der Waals surface area contributed by atoms with Gasteiger partial charge in [0.2, 0.25) is 11.9 Å². The van der Waals surface area contributed by atoms with Crippen molar-refractivity contribution in [2.24, 2.45) is 0 Å². The molecule has 0 amide bonds. The van der Waals surface area contributed by atoms with E-state index >= 15 is 0 Å². The summed E-state index contributed by atoms with van der Waals surface area (Å²) in [6, 6.07) is 2.45. The average Bonchev–Trinajstić information content (AvgIpc) is 3.17. The molecule has 3 aliphatic rings. The number of rotatable bonds is 3. The van der Waals surface area contributed by atoms with Crippen molar-refractivity contribution >= 4 is 17.7 Å². The summed E-state index contributed by atoms with van der Waals surface area (Å²) in [5.74, 6) is 2.02. The molecule has 24 heavy (non-hydrogen) atoms. The Labute approximate surface area is 139 Å². The molecule has 2 aromatic heterocycles. The number of fused-ring (bicyclic) bond motifs is 2. The maximum absolute atomic E-state index is 5.71. The fraction of sp³-hybridized carbons (Fsp3) is 0.500. The van der Waals surface area contributed by atoms with Crippen LogP contribution in [0.4, 0.5) is 17.7 Å². The van der Waals surface area contributed by atoms with Crippen molar-refractivity contribution in [3.63, 3.8) is 0 Å². The first-order valence-electron chi connectivity index (χ1n) is 8.36. The van der Waals surface area contributed by atoms with Crippen molar-refractivity contribution in [3.05, 3.63) is 18.5 Å². The number of nitrogen functional groups attached to an aromatic ring is 1. The molecule has 0 radical (unpaired) electrons. The molecule has 5 rings (SSSR count). The maximum atomic E-state index is 5.71. The minimum atomic E-state index is 0.269. The van der Waals surface area contributed by atoms with Crippen LogP contribution in [0.25, 0.3) is 11.3 Å². The number of nitrogens with two attached hydrogens (primary N) is 1. The zero-order chi connectivity index (χ0) is 16.1. The van der Waals surface area contributed by atoms with Crippen LogP contribution in [-0.2, 0) is 4.74 Å². The van der Waals surface area contributed by atoms with Gasteiger partial charge in [0.05, 0.1) is 24.4 Å². The van der Waals surface area contributed by atoms with Gasteiger partial charge in [0.1, 0.15) is 5.82 Å².